The number of nitrogens with zero attached hydrogens (tertiary/aromatic N) is 2. The first-order valence-electron chi connectivity index (χ1n) is 9.00. The number of benzene rings is 1. The maximum atomic E-state index is 12.2. The summed E-state index contributed by atoms with van der Waals surface area (Å²) in [6.07, 6.45) is 0.501. The van der Waals surface area contributed by atoms with Crippen LogP contribution in [0.25, 0.3) is 0 Å². The third kappa shape index (κ3) is 7.62. The van der Waals surface area contributed by atoms with Crippen LogP contribution in [0.4, 0.5) is 5.69 Å². The van der Waals surface area contributed by atoms with Gasteiger partial charge in [-0.05, 0) is 30.2 Å². The molecule has 1 amide bonds. The summed E-state index contributed by atoms with van der Waals surface area (Å²) < 4.78 is 36.8. The van der Waals surface area contributed by atoms with Crippen LogP contribution in [0.3, 0.4) is 0 Å². The third-order valence-corrected chi connectivity index (χ3v) is 5.04. The fourth-order valence-corrected chi connectivity index (χ4v) is 3.33. The summed E-state index contributed by atoms with van der Waals surface area (Å²) >= 11 is 0. The normalized spacial score (nSPS) is 11.4. The monoisotopic (exact) mass is 424 g/mol. The molecule has 0 saturated carbocycles. The van der Waals surface area contributed by atoms with Gasteiger partial charge in [0.25, 0.3) is 5.89 Å². The van der Waals surface area contributed by atoms with Crippen LogP contribution in [-0.2, 0) is 37.4 Å². The Morgan fingerprint density at radius 2 is 1.90 bits per heavy atom. The second-order valence-corrected chi connectivity index (χ2v) is 8.48. The predicted molar refractivity (Wildman–Crippen MR) is 103 cm³/mol. The van der Waals surface area contributed by atoms with Gasteiger partial charge in [-0.3, -0.25) is 9.59 Å². The molecule has 2 N–H and O–H groups in total. The standard InChI is InChI=1S/C18H24N4O6S/c1-12(2)10-16-21-17(28-22-16)11-27-18(24)8-9-19-29(25,26)15-6-4-14(5-7-15)20-13(3)23/h4-7,12,19H,8-11H2,1-3H3,(H,20,23). The molecule has 1 aromatic heterocycles. The summed E-state index contributed by atoms with van der Waals surface area (Å²) in [6.45, 7) is 5.11. The van der Waals surface area contributed by atoms with Crippen molar-refractivity contribution in [1.82, 2.24) is 14.9 Å². The molecule has 1 aromatic carbocycles. The zero-order valence-electron chi connectivity index (χ0n) is 16.5. The molecule has 10 nitrogen and oxygen atoms in total. The number of carbonyl (C=O) groups excluding carboxylic acids is 2. The van der Waals surface area contributed by atoms with Crippen molar-refractivity contribution in [2.24, 2.45) is 5.92 Å². The molecule has 2 rings (SSSR count). The van der Waals surface area contributed by atoms with Crippen LogP contribution < -0.4 is 10.0 Å². The van der Waals surface area contributed by atoms with E-state index in [9.17, 15) is 18.0 Å². The number of hydrogen-bond acceptors (Lipinski definition) is 8. The number of anilines is 1. The maximum absolute atomic E-state index is 12.2. The lowest BCUT2D eigenvalue weighted by atomic mass is 10.1. The first kappa shape index (κ1) is 22.5. The minimum atomic E-state index is -3.79. The van der Waals surface area contributed by atoms with Crippen molar-refractivity contribution in [3.8, 4) is 0 Å². The van der Waals surface area contributed by atoms with Gasteiger partial charge in [0.1, 0.15) is 0 Å². The molecule has 0 unspecified atom stereocenters. The van der Waals surface area contributed by atoms with E-state index in [1.165, 1.54) is 31.2 Å². The highest BCUT2D eigenvalue weighted by molar-refractivity contribution is 7.89. The highest BCUT2D eigenvalue weighted by atomic mass is 32.2. The van der Waals surface area contributed by atoms with E-state index in [0.717, 1.165) is 0 Å². The lowest BCUT2D eigenvalue weighted by Gasteiger charge is -2.08. The van der Waals surface area contributed by atoms with Gasteiger partial charge in [0.05, 0.1) is 11.3 Å². The molecule has 2 aromatic rings. The van der Waals surface area contributed by atoms with Crippen LogP contribution in [0.5, 0.6) is 0 Å². The molecule has 29 heavy (non-hydrogen) atoms. The first-order chi connectivity index (χ1) is 13.7. The topological polar surface area (TPSA) is 140 Å². The van der Waals surface area contributed by atoms with Gasteiger partial charge in [-0.1, -0.05) is 19.0 Å². The smallest absolute Gasteiger partial charge is 0.307 e. The fourth-order valence-electron chi connectivity index (χ4n) is 2.30. The number of ether oxygens (including phenoxy) is 1. The lowest BCUT2D eigenvalue weighted by molar-refractivity contribution is -0.145. The Bertz CT molecular complexity index is 938. The van der Waals surface area contributed by atoms with Crippen molar-refractivity contribution in [2.45, 2.75) is 45.1 Å². The molecule has 0 fully saturated rings. The average molecular weight is 424 g/mol. The quantitative estimate of drug-likeness (QED) is 0.549. The zero-order chi connectivity index (χ0) is 21.4. The number of hydrogen-bond donors (Lipinski definition) is 2. The highest BCUT2D eigenvalue weighted by Gasteiger charge is 2.15. The summed E-state index contributed by atoms with van der Waals surface area (Å²) in [5.41, 5.74) is 0.484. The van der Waals surface area contributed by atoms with Crippen molar-refractivity contribution >= 4 is 27.6 Å². The maximum Gasteiger partial charge on any atom is 0.307 e. The number of aromatic nitrogens is 2. The zero-order valence-corrected chi connectivity index (χ0v) is 17.3. The third-order valence-electron chi connectivity index (χ3n) is 3.56. The van der Waals surface area contributed by atoms with Gasteiger partial charge in [-0.25, -0.2) is 13.1 Å². The molecule has 158 valence electrons. The van der Waals surface area contributed by atoms with Gasteiger partial charge in [0, 0.05) is 25.6 Å². The van der Waals surface area contributed by atoms with Crippen molar-refractivity contribution in [2.75, 3.05) is 11.9 Å². The Hall–Kier alpha value is -2.79. The summed E-state index contributed by atoms with van der Waals surface area (Å²) in [6, 6.07) is 5.66. The van der Waals surface area contributed by atoms with Crippen LogP contribution in [0, 0.1) is 5.92 Å². The Balaban J connectivity index is 1.77. The van der Waals surface area contributed by atoms with Gasteiger partial charge in [-0.2, -0.15) is 4.98 Å². The van der Waals surface area contributed by atoms with E-state index < -0.39 is 16.0 Å². The number of sulfonamides is 1. The Kier molecular flexibility index (Phi) is 7.85. The Morgan fingerprint density at radius 3 is 2.52 bits per heavy atom. The van der Waals surface area contributed by atoms with E-state index in [4.69, 9.17) is 9.26 Å². The van der Waals surface area contributed by atoms with Crippen LogP contribution in [0.2, 0.25) is 0 Å². The van der Waals surface area contributed by atoms with Crippen molar-refractivity contribution in [3.05, 3.63) is 36.0 Å². The van der Waals surface area contributed by atoms with Gasteiger partial charge < -0.3 is 14.6 Å². The van der Waals surface area contributed by atoms with Crippen LogP contribution in [-0.4, -0.2) is 37.0 Å². The fraction of sp³-hybridized carbons (Fsp3) is 0.444. The Morgan fingerprint density at radius 1 is 1.21 bits per heavy atom. The van der Waals surface area contributed by atoms with E-state index in [-0.39, 0.29) is 36.3 Å². The van der Waals surface area contributed by atoms with Crippen molar-refractivity contribution in [3.63, 3.8) is 0 Å². The number of rotatable bonds is 10. The molecule has 11 heteroatoms. The molecule has 0 atom stereocenters. The summed E-state index contributed by atoms with van der Waals surface area (Å²) in [7, 11) is -3.79. The van der Waals surface area contributed by atoms with Crippen LogP contribution >= 0.6 is 0 Å². The molecule has 0 saturated heterocycles. The van der Waals surface area contributed by atoms with Gasteiger partial charge in [0.15, 0.2) is 12.4 Å². The van der Waals surface area contributed by atoms with Crippen molar-refractivity contribution in [1.29, 1.82) is 0 Å². The van der Waals surface area contributed by atoms with Crippen LogP contribution in [0.15, 0.2) is 33.7 Å². The molecule has 0 bridgehead atoms. The van der Waals surface area contributed by atoms with Gasteiger partial charge >= 0.3 is 5.97 Å². The van der Waals surface area contributed by atoms with E-state index in [2.05, 4.69) is 20.2 Å². The minimum absolute atomic E-state index is 0.0171. The highest BCUT2D eigenvalue weighted by Crippen LogP contribution is 2.14. The first-order valence-corrected chi connectivity index (χ1v) is 10.5. The molecule has 0 aliphatic carbocycles. The molecule has 1 heterocycles. The van der Waals surface area contributed by atoms with Crippen LogP contribution in [0.1, 0.15) is 38.9 Å². The second kappa shape index (κ2) is 10.1. The molecular weight excluding hydrogens is 400 g/mol. The lowest BCUT2D eigenvalue weighted by Crippen LogP contribution is -2.26. The molecular formula is C18H24N4O6S. The number of esters is 1. The summed E-state index contributed by atoms with van der Waals surface area (Å²) in [5.74, 6) is 0.251. The molecule has 0 aliphatic heterocycles. The summed E-state index contributed by atoms with van der Waals surface area (Å²) in [5, 5.41) is 6.34. The molecule has 0 spiro atoms. The summed E-state index contributed by atoms with van der Waals surface area (Å²) in [4.78, 5) is 26.9. The largest absolute Gasteiger partial charge is 0.456 e. The predicted octanol–water partition coefficient (Wildman–Crippen LogP) is 1.64. The number of nitrogens with one attached hydrogen (secondary N) is 2. The SMILES string of the molecule is CC(=O)Nc1ccc(S(=O)(=O)NCCC(=O)OCc2nc(CC(C)C)no2)cc1. The average Bonchev–Trinajstić information content (AvgIpc) is 3.06. The molecule has 0 aliphatic rings. The van der Waals surface area contributed by atoms with E-state index in [0.29, 0.717) is 23.9 Å². The minimum Gasteiger partial charge on any atom is -0.456 e. The van der Waals surface area contributed by atoms with E-state index >= 15 is 0 Å². The van der Waals surface area contributed by atoms with Crippen molar-refractivity contribution < 1.29 is 27.3 Å². The Labute approximate surface area is 169 Å². The van der Waals surface area contributed by atoms with Gasteiger partial charge in [-0.15, -0.1) is 0 Å². The van der Waals surface area contributed by atoms with Gasteiger partial charge in [0.2, 0.25) is 15.9 Å². The molecule has 0 radical (unpaired) electrons. The number of carbonyl (C=O) groups is 2. The van der Waals surface area contributed by atoms with E-state index in [1.54, 1.807) is 0 Å². The number of amides is 1. The van der Waals surface area contributed by atoms with E-state index in [1.807, 2.05) is 13.8 Å². The second-order valence-electron chi connectivity index (χ2n) is 6.72.